The van der Waals surface area contributed by atoms with Gasteiger partial charge in [0.05, 0.1) is 7.11 Å². The predicted molar refractivity (Wildman–Crippen MR) is 109 cm³/mol. The number of methoxy groups -OCH3 is 1. The van der Waals surface area contributed by atoms with E-state index in [1.165, 1.54) is 7.11 Å². The smallest absolute Gasteiger partial charge is 0.163 e. The molecule has 152 valence electrons. The standard InChI is InChI=1S/C22H17F3N4O/c1-30-19-10-14(16-11-15(24)4-5-18(16)25)9-17-20(19)28-21(13-3-2-7-26-12-13)29-22(17)27-8-6-23/h2-5,7,9-12H,6,8H2,1H3,(H,27,28,29). The zero-order valence-electron chi connectivity index (χ0n) is 16.0. The molecule has 0 fully saturated rings. The van der Waals surface area contributed by atoms with E-state index in [4.69, 9.17) is 4.74 Å². The summed E-state index contributed by atoms with van der Waals surface area (Å²) in [5.41, 5.74) is 1.58. The molecule has 8 heteroatoms. The zero-order valence-corrected chi connectivity index (χ0v) is 16.0. The molecule has 0 aliphatic heterocycles. The molecule has 0 spiro atoms. The summed E-state index contributed by atoms with van der Waals surface area (Å²) in [6.45, 7) is -0.581. The molecule has 2 aromatic heterocycles. The molecule has 0 saturated carbocycles. The monoisotopic (exact) mass is 410 g/mol. The first-order valence-corrected chi connectivity index (χ1v) is 9.16. The van der Waals surface area contributed by atoms with E-state index >= 15 is 0 Å². The van der Waals surface area contributed by atoms with Crippen LogP contribution in [0.1, 0.15) is 0 Å². The Balaban J connectivity index is 1.98. The number of halogens is 3. The number of nitrogens with one attached hydrogen (secondary N) is 1. The molecule has 0 aliphatic rings. The van der Waals surface area contributed by atoms with Gasteiger partial charge >= 0.3 is 0 Å². The Hall–Kier alpha value is -3.68. The number of pyridine rings is 1. The maximum absolute atomic E-state index is 14.4. The van der Waals surface area contributed by atoms with Crippen LogP contribution < -0.4 is 10.1 Å². The number of rotatable bonds is 6. The van der Waals surface area contributed by atoms with E-state index in [1.54, 1.807) is 36.7 Å². The lowest BCUT2D eigenvalue weighted by Gasteiger charge is -2.14. The quantitative estimate of drug-likeness (QED) is 0.483. The van der Waals surface area contributed by atoms with E-state index in [0.717, 1.165) is 18.2 Å². The summed E-state index contributed by atoms with van der Waals surface area (Å²) in [5, 5.41) is 3.43. The lowest BCUT2D eigenvalue weighted by molar-refractivity contribution is 0.419. The van der Waals surface area contributed by atoms with E-state index in [9.17, 15) is 13.2 Å². The number of benzene rings is 2. The van der Waals surface area contributed by atoms with Crippen LogP contribution in [0.4, 0.5) is 19.0 Å². The second-order valence-corrected chi connectivity index (χ2v) is 6.45. The van der Waals surface area contributed by atoms with Gasteiger partial charge < -0.3 is 10.1 Å². The Bertz CT molecular complexity index is 1200. The van der Waals surface area contributed by atoms with Crippen LogP contribution in [0.3, 0.4) is 0 Å². The van der Waals surface area contributed by atoms with Crippen molar-refractivity contribution < 1.29 is 17.9 Å². The topological polar surface area (TPSA) is 59.9 Å². The molecule has 0 aliphatic carbocycles. The van der Waals surface area contributed by atoms with Gasteiger partial charge in [-0.1, -0.05) is 0 Å². The van der Waals surface area contributed by atoms with Gasteiger partial charge in [0.2, 0.25) is 0 Å². The van der Waals surface area contributed by atoms with Crippen LogP contribution >= 0.6 is 0 Å². The normalized spacial score (nSPS) is 10.9. The predicted octanol–water partition coefficient (Wildman–Crippen LogP) is 5.03. The summed E-state index contributed by atoms with van der Waals surface area (Å²) in [5.74, 6) is -0.0659. The van der Waals surface area contributed by atoms with E-state index in [0.29, 0.717) is 39.4 Å². The first-order chi connectivity index (χ1) is 14.6. The Labute approximate surface area is 170 Å². The Morgan fingerprint density at radius 1 is 1.03 bits per heavy atom. The number of aromatic nitrogens is 3. The van der Waals surface area contributed by atoms with E-state index in [1.807, 2.05) is 0 Å². The molecule has 2 aromatic carbocycles. The third-order valence-corrected chi connectivity index (χ3v) is 4.53. The molecule has 0 unspecified atom stereocenters. The molecule has 4 rings (SSSR count). The Morgan fingerprint density at radius 2 is 1.90 bits per heavy atom. The van der Waals surface area contributed by atoms with E-state index in [-0.39, 0.29) is 12.1 Å². The van der Waals surface area contributed by atoms with Gasteiger partial charge in [-0.2, -0.15) is 0 Å². The van der Waals surface area contributed by atoms with E-state index < -0.39 is 18.3 Å². The van der Waals surface area contributed by atoms with Gasteiger partial charge in [0.15, 0.2) is 5.82 Å². The van der Waals surface area contributed by atoms with Gasteiger partial charge in [-0.3, -0.25) is 4.98 Å². The maximum atomic E-state index is 14.4. The molecule has 0 amide bonds. The van der Waals surface area contributed by atoms with Gasteiger partial charge in [0, 0.05) is 35.5 Å². The number of ether oxygens (including phenoxy) is 1. The minimum atomic E-state index is -0.608. The molecule has 4 aromatic rings. The third-order valence-electron chi connectivity index (χ3n) is 4.53. The van der Waals surface area contributed by atoms with Crippen molar-refractivity contribution >= 4 is 16.7 Å². The molecule has 2 heterocycles. The second-order valence-electron chi connectivity index (χ2n) is 6.45. The molecule has 0 radical (unpaired) electrons. The van der Waals surface area contributed by atoms with Crippen molar-refractivity contribution in [3.05, 3.63) is 66.5 Å². The lowest BCUT2D eigenvalue weighted by Crippen LogP contribution is -2.07. The van der Waals surface area contributed by atoms with Gasteiger partial charge in [0.25, 0.3) is 0 Å². The second kappa shape index (κ2) is 8.36. The fraction of sp³-hybridized carbons (Fsp3) is 0.136. The number of fused-ring (bicyclic) bond motifs is 1. The molecule has 0 bridgehead atoms. The van der Waals surface area contributed by atoms with Gasteiger partial charge in [-0.25, -0.2) is 23.1 Å². The van der Waals surface area contributed by atoms with E-state index in [2.05, 4.69) is 20.3 Å². The fourth-order valence-corrected chi connectivity index (χ4v) is 3.16. The van der Waals surface area contributed by atoms with Crippen molar-refractivity contribution in [1.29, 1.82) is 0 Å². The summed E-state index contributed by atoms with van der Waals surface area (Å²) in [6, 6.07) is 9.98. The molecular weight excluding hydrogens is 393 g/mol. The fourth-order valence-electron chi connectivity index (χ4n) is 3.16. The number of hydrogen-bond acceptors (Lipinski definition) is 5. The summed E-state index contributed by atoms with van der Waals surface area (Å²) in [7, 11) is 1.46. The number of nitrogens with zero attached hydrogens (tertiary/aromatic N) is 3. The van der Waals surface area contributed by atoms with Gasteiger partial charge in [-0.15, -0.1) is 0 Å². The van der Waals surface area contributed by atoms with Crippen molar-refractivity contribution in [3.63, 3.8) is 0 Å². The van der Waals surface area contributed by atoms with Crippen molar-refractivity contribution in [3.8, 4) is 28.3 Å². The minimum Gasteiger partial charge on any atom is -0.494 e. The van der Waals surface area contributed by atoms with Crippen molar-refractivity contribution in [2.45, 2.75) is 0 Å². The Morgan fingerprint density at radius 3 is 2.63 bits per heavy atom. The highest BCUT2D eigenvalue weighted by Crippen LogP contribution is 2.36. The Kier molecular flexibility index (Phi) is 5.47. The molecule has 1 N–H and O–H groups in total. The zero-order chi connectivity index (χ0) is 21.1. The summed E-state index contributed by atoms with van der Waals surface area (Å²) < 4.78 is 46.4. The van der Waals surface area contributed by atoms with Crippen LogP contribution in [0.5, 0.6) is 5.75 Å². The van der Waals surface area contributed by atoms with Crippen LogP contribution in [0.15, 0.2) is 54.9 Å². The van der Waals surface area contributed by atoms with Crippen LogP contribution in [-0.4, -0.2) is 35.3 Å². The number of anilines is 1. The van der Waals surface area contributed by atoms with Crippen LogP contribution in [0.2, 0.25) is 0 Å². The van der Waals surface area contributed by atoms with Crippen LogP contribution in [-0.2, 0) is 0 Å². The SMILES string of the molecule is COc1cc(-c2cc(F)ccc2F)cc2c(NCCF)nc(-c3cccnc3)nc12. The number of hydrogen-bond donors (Lipinski definition) is 1. The molecule has 0 saturated heterocycles. The van der Waals surface area contributed by atoms with Crippen LogP contribution in [0, 0.1) is 11.6 Å². The molecular formula is C22H17F3N4O. The first kappa shape index (κ1) is 19.6. The lowest BCUT2D eigenvalue weighted by atomic mass is 10.0. The minimum absolute atomic E-state index is 0.0272. The largest absolute Gasteiger partial charge is 0.494 e. The highest BCUT2D eigenvalue weighted by Gasteiger charge is 2.17. The summed E-state index contributed by atoms with van der Waals surface area (Å²) >= 11 is 0. The van der Waals surface area contributed by atoms with Crippen LogP contribution in [0.25, 0.3) is 33.4 Å². The maximum Gasteiger partial charge on any atom is 0.163 e. The first-order valence-electron chi connectivity index (χ1n) is 9.16. The summed E-state index contributed by atoms with van der Waals surface area (Å²) in [6.07, 6.45) is 3.25. The number of alkyl halides is 1. The average Bonchev–Trinajstić information content (AvgIpc) is 2.78. The van der Waals surface area contributed by atoms with Gasteiger partial charge in [-0.05, 0) is 48.0 Å². The molecule has 30 heavy (non-hydrogen) atoms. The highest BCUT2D eigenvalue weighted by molar-refractivity contribution is 5.97. The average molecular weight is 410 g/mol. The van der Waals surface area contributed by atoms with Gasteiger partial charge in [0.1, 0.15) is 35.4 Å². The third kappa shape index (κ3) is 3.76. The molecule has 5 nitrogen and oxygen atoms in total. The highest BCUT2D eigenvalue weighted by atomic mass is 19.1. The van der Waals surface area contributed by atoms with Crippen molar-refractivity contribution in [2.24, 2.45) is 0 Å². The summed E-state index contributed by atoms with van der Waals surface area (Å²) in [4.78, 5) is 13.2. The van der Waals surface area contributed by atoms with Crippen molar-refractivity contribution in [2.75, 3.05) is 25.6 Å². The van der Waals surface area contributed by atoms with Crippen molar-refractivity contribution in [1.82, 2.24) is 15.0 Å². The molecule has 0 atom stereocenters.